The van der Waals surface area contributed by atoms with Gasteiger partial charge in [0.15, 0.2) is 5.13 Å². The van der Waals surface area contributed by atoms with Gasteiger partial charge in [-0.3, -0.25) is 0 Å². The van der Waals surface area contributed by atoms with Gasteiger partial charge in [-0.2, -0.15) is 0 Å². The molecule has 0 aliphatic carbocycles. The van der Waals surface area contributed by atoms with E-state index in [1.807, 2.05) is 12.1 Å². The average Bonchev–Trinajstić information content (AvgIpc) is 2.74. The third-order valence-electron chi connectivity index (χ3n) is 2.34. The number of nitrogens with zero attached hydrogens (tertiary/aromatic N) is 1. The fraction of sp³-hybridized carbons (Fsp3) is 0.167. The molecule has 4 nitrogen and oxygen atoms in total. The summed E-state index contributed by atoms with van der Waals surface area (Å²) in [4.78, 5) is 16.3. The van der Waals surface area contributed by atoms with Crippen LogP contribution in [0.1, 0.15) is 15.4 Å². The van der Waals surface area contributed by atoms with Gasteiger partial charge in [-0.15, -0.1) is 0 Å². The first-order chi connectivity index (χ1) is 9.01. The van der Waals surface area contributed by atoms with Gasteiger partial charge in [0.1, 0.15) is 4.88 Å². The van der Waals surface area contributed by atoms with Crippen molar-refractivity contribution < 1.29 is 9.53 Å². The molecule has 2 aromatic rings. The van der Waals surface area contributed by atoms with E-state index < -0.39 is 0 Å². The molecular formula is C12H10BrClN2O2S. The van der Waals surface area contributed by atoms with Crippen LogP contribution in [0, 0.1) is 6.92 Å². The van der Waals surface area contributed by atoms with Gasteiger partial charge in [-0.05, 0) is 25.1 Å². The minimum atomic E-state index is -0.386. The predicted octanol–water partition coefficient (Wildman–Crippen LogP) is 4.40. The van der Waals surface area contributed by atoms with Gasteiger partial charge in [-0.25, -0.2) is 9.78 Å². The molecule has 7 heteroatoms. The summed E-state index contributed by atoms with van der Waals surface area (Å²) >= 11 is 10.7. The molecule has 100 valence electrons. The molecule has 0 aliphatic rings. The maximum atomic E-state index is 11.5. The van der Waals surface area contributed by atoms with Crippen molar-refractivity contribution in [2.24, 2.45) is 0 Å². The zero-order valence-corrected chi connectivity index (χ0v) is 13.3. The van der Waals surface area contributed by atoms with Crippen molar-refractivity contribution in [2.45, 2.75) is 6.92 Å². The first-order valence-electron chi connectivity index (χ1n) is 5.29. The van der Waals surface area contributed by atoms with E-state index in [9.17, 15) is 4.79 Å². The van der Waals surface area contributed by atoms with Gasteiger partial charge in [0.25, 0.3) is 0 Å². The van der Waals surface area contributed by atoms with Gasteiger partial charge in [0.05, 0.1) is 23.5 Å². The van der Waals surface area contributed by atoms with Gasteiger partial charge >= 0.3 is 5.97 Å². The summed E-state index contributed by atoms with van der Waals surface area (Å²) < 4.78 is 5.60. The number of aromatic nitrogens is 1. The minimum Gasteiger partial charge on any atom is -0.465 e. The minimum absolute atomic E-state index is 0.386. The van der Waals surface area contributed by atoms with Crippen molar-refractivity contribution in [3.05, 3.63) is 38.3 Å². The number of methoxy groups -OCH3 is 1. The van der Waals surface area contributed by atoms with Crippen LogP contribution in [-0.2, 0) is 4.74 Å². The molecule has 1 N–H and O–H groups in total. The molecule has 0 saturated heterocycles. The summed E-state index contributed by atoms with van der Waals surface area (Å²) in [6.45, 7) is 1.76. The van der Waals surface area contributed by atoms with E-state index in [0.717, 1.165) is 10.2 Å². The largest absolute Gasteiger partial charge is 0.465 e. The molecule has 0 amide bonds. The van der Waals surface area contributed by atoms with E-state index >= 15 is 0 Å². The van der Waals surface area contributed by atoms with Crippen LogP contribution in [0.3, 0.4) is 0 Å². The Bertz CT molecular complexity index is 630. The smallest absolute Gasteiger partial charge is 0.350 e. The number of rotatable bonds is 3. The summed E-state index contributed by atoms with van der Waals surface area (Å²) in [5.41, 5.74) is 1.35. The SMILES string of the molecule is COC(=O)c1sc(Nc2cc(Br)ccc2Cl)nc1C. The molecule has 0 fully saturated rings. The van der Waals surface area contributed by atoms with E-state index in [1.165, 1.54) is 18.4 Å². The quantitative estimate of drug-likeness (QED) is 0.823. The van der Waals surface area contributed by atoms with Crippen LogP contribution >= 0.6 is 38.9 Å². The Morgan fingerprint density at radius 2 is 2.26 bits per heavy atom. The third kappa shape index (κ3) is 3.26. The van der Waals surface area contributed by atoms with Crippen molar-refractivity contribution in [1.29, 1.82) is 0 Å². The molecule has 0 bridgehead atoms. The molecule has 0 radical (unpaired) electrons. The van der Waals surface area contributed by atoms with E-state index in [1.54, 1.807) is 13.0 Å². The van der Waals surface area contributed by atoms with Crippen LogP contribution in [0.5, 0.6) is 0 Å². The second kappa shape index (κ2) is 5.90. The Kier molecular flexibility index (Phi) is 4.44. The maximum absolute atomic E-state index is 11.5. The number of carbonyl (C=O) groups is 1. The Morgan fingerprint density at radius 1 is 1.53 bits per heavy atom. The van der Waals surface area contributed by atoms with Gasteiger partial charge in [-0.1, -0.05) is 38.9 Å². The van der Waals surface area contributed by atoms with Gasteiger partial charge in [0, 0.05) is 4.47 Å². The van der Waals surface area contributed by atoms with Crippen LogP contribution in [0.2, 0.25) is 5.02 Å². The van der Waals surface area contributed by atoms with Crippen LogP contribution in [0.25, 0.3) is 0 Å². The first kappa shape index (κ1) is 14.3. The number of esters is 1. The number of benzene rings is 1. The zero-order valence-electron chi connectivity index (χ0n) is 10.2. The van der Waals surface area contributed by atoms with Crippen LogP contribution < -0.4 is 5.32 Å². The fourth-order valence-electron chi connectivity index (χ4n) is 1.44. The fourth-order valence-corrected chi connectivity index (χ4v) is 2.86. The normalized spacial score (nSPS) is 10.3. The van der Waals surface area contributed by atoms with Gasteiger partial charge < -0.3 is 10.1 Å². The highest BCUT2D eigenvalue weighted by Crippen LogP contribution is 2.31. The lowest BCUT2D eigenvalue weighted by atomic mass is 10.3. The molecule has 0 saturated carbocycles. The second-order valence-electron chi connectivity index (χ2n) is 3.67. The number of hydrogen-bond acceptors (Lipinski definition) is 5. The lowest BCUT2D eigenvalue weighted by Crippen LogP contribution is -1.99. The second-order valence-corrected chi connectivity index (χ2v) is 6.00. The zero-order chi connectivity index (χ0) is 14.0. The molecule has 0 unspecified atom stereocenters. The molecular weight excluding hydrogens is 352 g/mol. The number of anilines is 2. The third-order valence-corrected chi connectivity index (χ3v) is 4.21. The molecule has 0 atom stereocenters. The molecule has 1 heterocycles. The van der Waals surface area contributed by atoms with Crippen molar-refractivity contribution >= 4 is 55.7 Å². The standard InChI is InChI=1S/C12H10BrClN2O2S/c1-6-10(11(17)18-2)19-12(15-6)16-9-5-7(13)3-4-8(9)14/h3-5H,1-2H3,(H,15,16). The van der Waals surface area contributed by atoms with Crippen LogP contribution in [0.15, 0.2) is 22.7 Å². The summed E-state index contributed by atoms with van der Waals surface area (Å²) in [5.74, 6) is -0.386. The van der Waals surface area contributed by atoms with E-state index in [4.69, 9.17) is 16.3 Å². The van der Waals surface area contributed by atoms with Crippen molar-refractivity contribution in [3.8, 4) is 0 Å². The molecule has 2 rings (SSSR count). The Hall–Kier alpha value is -1.11. The summed E-state index contributed by atoms with van der Waals surface area (Å²) in [6.07, 6.45) is 0. The van der Waals surface area contributed by atoms with E-state index in [0.29, 0.717) is 20.7 Å². The summed E-state index contributed by atoms with van der Waals surface area (Å²) in [7, 11) is 1.35. The number of carbonyl (C=O) groups excluding carboxylic acids is 1. The number of halogens is 2. The highest BCUT2D eigenvalue weighted by Gasteiger charge is 2.16. The monoisotopic (exact) mass is 360 g/mol. The molecule has 1 aromatic carbocycles. The lowest BCUT2D eigenvalue weighted by Gasteiger charge is -2.05. The van der Waals surface area contributed by atoms with Crippen molar-refractivity contribution in [2.75, 3.05) is 12.4 Å². The number of aryl methyl sites for hydroxylation is 1. The van der Waals surface area contributed by atoms with Crippen LogP contribution in [-0.4, -0.2) is 18.1 Å². The highest BCUT2D eigenvalue weighted by molar-refractivity contribution is 9.10. The average molecular weight is 362 g/mol. The predicted molar refractivity (Wildman–Crippen MR) is 80.6 cm³/mol. The summed E-state index contributed by atoms with van der Waals surface area (Å²) in [5, 5.41) is 4.27. The van der Waals surface area contributed by atoms with Gasteiger partial charge in [0.2, 0.25) is 0 Å². The first-order valence-corrected chi connectivity index (χ1v) is 7.28. The molecule has 1 aromatic heterocycles. The van der Waals surface area contributed by atoms with E-state index in [-0.39, 0.29) is 5.97 Å². The summed E-state index contributed by atoms with van der Waals surface area (Å²) in [6, 6.07) is 5.47. The lowest BCUT2D eigenvalue weighted by molar-refractivity contribution is 0.0605. The van der Waals surface area contributed by atoms with Crippen LogP contribution in [0.4, 0.5) is 10.8 Å². The number of nitrogens with one attached hydrogen (secondary N) is 1. The maximum Gasteiger partial charge on any atom is 0.350 e. The molecule has 0 aliphatic heterocycles. The molecule has 0 spiro atoms. The molecule has 19 heavy (non-hydrogen) atoms. The van der Waals surface area contributed by atoms with E-state index in [2.05, 4.69) is 26.2 Å². The Labute approximate surface area is 127 Å². The number of thiazole rings is 1. The number of hydrogen-bond donors (Lipinski definition) is 1. The highest BCUT2D eigenvalue weighted by atomic mass is 79.9. The van der Waals surface area contributed by atoms with Crippen molar-refractivity contribution in [1.82, 2.24) is 4.98 Å². The Morgan fingerprint density at radius 3 is 2.95 bits per heavy atom. The number of ether oxygens (including phenoxy) is 1. The topological polar surface area (TPSA) is 51.2 Å². The van der Waals surface area contributed by atoms with Crippen molar-refractivity contribution in [3.63, 3.8) is 0 Å². The Balaban J connectivity index is 2.29.